The van der Waals surface area contributed by atoms with Gasteiger partial charge in [0, 0.05) is 11.4 Å². The van der Waals surface area contributed by atoms with Gasteiger partial charge in [-0.2, -0.15) is 5.26 Å². The SMILES string of the molecule is Cc1ccccc1Nc1nnc(S[C@@H](C)C(=O)Nc2cccc(C#N)c2)s1. The van der Waals surface area contributed by atoms with Crippen molar-refractivity contribution in [2.75, 3.05) is 10.6 Å². The van der Waals surface area contributed by atoms with Crippen molar-refractivity contribution in [3.63, 3.8) is 0 Å². The van der Waals surface area contributed by atoms with E-state index in [9.17, 15) is 4.79 Å². The molecule has 0 unspecified atom stereocenters. The zero-order chi connectivity index (χ0) is 19.2. The van der Waals surface area contributed by atoms with Crippen molar-refractivity contribution in [2.45, 2.75) is 23.4 Å². The van der Waals surface area contributed by atoms with Gasteiger partial charge in [-0.3, -0.25) is 4.79 Å². The molecule has 8 heteroatoms. The number of para-hydroxylation sites is 1. The summed E-state index contributed by atoms with van der Waals surface area (Å²) >= 11 is 2.75. The molecule has 1 heterocycles. The Kier molecular flexibility index (Phi) is 6.06. The van der Waals surface area contributed by atoms with E-state index in [4.69, 9.17) is 5.26 Å². The third-order valence-corrected chi connectivity index (χ3v) is 5.72. The molecule has 0 saturated heterocycles. The number of carbonyl (C=O) groups is 1. The Bertz CT molecular complexity index is 996. The first kappa shape index (κ1) is 18.9. The minimum absolute atomic E-state index is 0.154. The molecule has 2 aromatic carbocycles. The number of thioether (sulfide) groups is 1. The summed E-state index contributed by atoms with van der Waals surface area (Å²) < 4.78 is 0.708. The molecule has 6 nitrogen and oxygen atoms in total. The first-order valence-corrected chi connectivity index (χ1v) is 9.88. The Balaban J connectivity index is 1.60. The van der Waals surface area contributed by atoms with Gasteiger partial charge in [0.15, 0.2) is 4.34 Å². The molecule has 3 aromatic rings. The second-order valence-electron chi connectivity index (χ2n) is 5.75. The largest absolute Gasteiger partial charge is 0.330 e. The average molecular weight is 396 g/mol. The molecule has 0 radical (unpaired) electrons. The van der Waals surface area contributed by atoms with E-state index >= 15 is 0 Å². The van der Waals surface area contributed by atoms with Crippen LogP contribution in [0.25, 0.3) is 0 Å². The van der Waals surface area contributed by atoms with E-state index in [-0.39, 0.29) is 11.2 Å². The number of benzene rings is 2. The zero-order valence-corrected chi connectivity index (χ0v) is 16.4. The lowest BCUT2D eigenvalue weighted by Crippen LogP contribution is -2.22. The highest BCUT2D eigenvalue weighted by Crippen LogP contribution is 2.31. The molecule has 0 spiro atoms. The van der Waals surface area contributed by atoms with Gasteiger partial charge >= 0.3 is 0 Å². The van der Waals surface area contributed by atoms with Gasteiger partial charge in [0.1, 0.15) is 0 Å². The number of hydrogen-bond acceptors (Lipinski definition) is 7. The Morgan fingerprint density at radius 3 is 2.81 bits per heavy atom. The predicted octanol–water partition coefficient (Wildman–Crippen LogP) is 4.58. The molecule has 1 aromatic heterocycles. The maximum absolute atomic E-state index is 12.4. The quantitative estimate of drug-likeness (QED) is 0.594. The summed E-state index contributed by atoms with van der Waals surface area (Å²) in [6, 6.07) is 16.8. The zero-order valence-electron chi connectivity index (χ0n) is 14.8. The maximum atomic E-state index is 12.4. The second-order valence-corrected chi connectivity index (χ2v) is 8.32. The number of nitrogens with zero attached hydrogens (tertiary/aromatic N) is 3. The van der Waals surface area contributed by atoms with E-state index in [1.54, 1.807) is 24.3 Å². The van der Waals surface area contributed by atoms with Crippen LogP contribution < -0.4 is 10.6 Å². The summed E-state index contributed by atoms with van der Waals surface area (Å²) in [5.41, 5.74) is 3.21. The van der Waals surface area contributed by atoms with Crippen molar-refractivity contribution in [1.29, 1.82) is 5.26 Å². The fourth-order valence-electron chi connectivity index (χ4n) is 2.25. The van der Waals surface area contributed by atoms with Crippen molar-refractivity contribution in [3.05, 3.63) is 59.7 Å². The van der Waals surface area contributed by atoms with Crippen LogP contribution in [0.5, 0.6) is 0 Å². The number of nitrogens with one attached hydrogen (secondary N) is 2. The highest BCUT2D eigenvalue weighted by Gasteiger charge is 2.17. The molecular formula is C19H17N5OS2. The van der Waals surface area contributed by atoms with E-state index in [0.717, 1.165) is 11.3 Å². The van der Waals surface area contributed by atoms with E-state index in [1.807, 2.05) is 38.1 Å². The van der Waals surface area contributed by atoms with Gasteiger partial charge in [-0.05, 0) is 43.7 Å². The molecule has 1 amide bonds. The van der Waals surface area contributed by atoms with Crippen LogP contribution in [0, 0.1) is 18.3 Å². The van der Waals surface area contributed by atoms with E-state index in [2.05, 4.69) is 26.9 Å². The van der Waals surface area contributed by atoms with Crippen LogP contribution in [-0.4, -0.2) is 21.4 Å². The Morgan fingerprint density at radius 2 is 2.04 bits per heavy atom. The number of carbonyl (C=O) groups excluding carboxylic acids is 1. The number of rotatable bonds is 6. The van der Waals surface area contributed by atoms with Crippen LogP contribution in [0.4, 0.5) is 16.5 Å². The summed E-state index contributed by atoms with van der Waals surface area (Å²) in [7, 11) is 0. The first-order valence-electron chi connectivity index (χ1n) is 8.19. The van der Waals surface area contributed by atoms with Gasteiger partial charge in [0.2, 0.25) is 11.0 Å². The molecule has 0 fully saturated rings. The van der Waals surface area contributed by atoms with Crippen LogP contribution >= 0.6 is 23.1 Å². The molecular weight excluding hydrogens is 378 g/mol. The lowest BCUT2D eigenvalue weighted by Gasteiger charge is -2.10. The van der Waals surface area contributed by atoms with Gasteiger partial charge in [0.25, 0.3) is 0 Å². The van der Waals surface area contributed by atoms with Crippen LogP contribution in [-0.2, 0) is 4.79 Å². The summed E-state index contributed by atoms with van der Waals surface area (Å²) in [5.74, 6) is -0.154. The van der Waals surface area contributed by atoms with E-state index in [0.29, 0.717) is 20.7 Å². The Morgan fingerprint density at radius 1 is 1.22 bits per heavy atom. The molecule has 136 valence electrons. The summed E-state index contributed by atoms with van der Waals surface area (Å²) in [5, 5.41) is 23.6. The molecule has 3 rings (SSSR count). The molecule has 0 saturated carbocycles. The summed E-state index contributed by atoms with van der Waals surface area (Å²) in [6.45, 7) is 3.83. The van der Waals surface area contributed by atoms with E-state index in [1.165, 1.54) is 23.1 Å². The number of aromatic nitrogens is 2. The highest BCUT2D eigenvalue weighted by molar-refractivity contribution is 8.02. The van der Waals surface area contributed by atoms with Gasteiger partial charge < -0.3 is 10.6 Å². The van der Waals surface area contributed by atoms with Gasteiger partial charge in [-0.1, -0.05) is 47.4 Å². The Labute approximate surface area is 165 Å². The predicted molar refractivity (Wildman–Crippen MR) is 109 cm³/mol. The third kappa shape index (κ3) is 5.06. The lowest BCUT2D eigenvalue weighted by atomic mass is 10.2. The van der Waals surface area contributed by atoms with Crippen molar-refractivity contribution in [3.8, 4) is 6.07 Å². The Hall–Kier alpha value is -2.89. The van der Waals surface area contributed by atoms with Crippen molar-refractivity contribution >= 4 is 45.5 Å². The number of aryl methyl sites for hydroxylation is 1. The minimum Gasteiger partial charge on any atom is -0.330 e. The normalized spacial score (nSPS) is 11.4. The van der Waals surface area contributed by atoms with Crippen molar-refractivity contribution in [1.82, 2.24) is 10.2 Å². The number of amides is 1. The van der Waals surface area contributed by atoms with Gasteiger partial charge in [-0.15, -0.1) is 10.2 Å². The molecule has 0 aliphatic heterocycles. The molecule has 0 aliphatic rings. The smallest absolute Gasteiger partial charge is 0.237 e. The van der Waals surface area contributed by atoms with Gasteiger partial charge in [0.05, 0.1) is 16.9 Å². The molecule has 0 bridgehead atoms. The topological polar surface area (TPSA) is 90.7 Å². The monoisotopic (exact) mass is 395 g/mol. The first-order chi connectivity index (χ1) is 13.0. The van der Waals surface area contributed by atoms with Crippen molar-refractivity contribution < 1.29 is 4.79 Å². The second kappa shape index (κ2) is 8.66. The van der Waals surface area contributed by atoms with Crippen LogP contribution in [0.3, 0.4) is 0 Å². The molecule has 0 aliphatic carbocycles. The van der Waals surface area contributed by atoms with Crippen molar-refractivity contribution in [2.24, 2.45) is 0 Å². The minimum atomic E-state index is -0.352. The van der Waals surface area contributed by atoms with Crippen LogP contribution in [0.15, 0.2) is 52.9 Å². The number of anilines is 3. The van der Waals surface area contributed by atoms with E-state index < -0.39 is 0 Å². The summed E-state index contributed by atoms with van der Waals surface area (Å²) in [4.78, 5) is 12.4. The van der Waals surface area contributed by atoms with Crippen LogP contribution in [0.1, 0.15) is 18.1 Å². The standard InChI is InChI=1S/C19H17N5OS2/c1-12-6-3-4-9-16(12)22-18-23-24-19(27-18)26-13(2)17(25)21-15-8-5-7-14(10-15)11-20/h3-10,13H,1-2H3,(H,21,25)(H,22,23)/t13-/m0/s1. The number of hydrogen-bond donors (Lipinski definition) is 2. The highest BCUT2D eigenvalue weighted by atomic mass is 32.2. The lowest BCUT2D eigenvalue weighted by molar-refractivity contribution is -0.115. The van der Waals surface area contributed by atoms with Gasteiger partial charge in [-0.25, -0.2) is 0 Å². The fourth-order valence-corrected chi connectivity index (χ4v) is 4.16. The van der Waals surface area contributed by atoms with Crippen LogP contribution in [0.2, 0.25) is 0 Å². The maximum Gasteiger partial charge on any atom is 0.237 e. The fraction of sp³-hybridized carbons (Fsp3) is 0.158. The molecule has 2 N–H and O–H groups in total. The number of nitriles is 1. The summed E-state index contributed by atoms with van der Waals surface area (Å²) in [6.07, 6.45) is 0. The average Bonchev–Trinajstić information content (AvgIpc) is 3.10. The molecule has 1 atom stereocenters. The third-order valence-electron chi connectivity index (χ3n) is 3.70. The molecule has 27 heavy (non-hydrogen) atoms.